The van der Waals surface area contributed by atoms with Crippen LogP contribution in [0.4, 0.5) is 26.3 Å². The molecule has 0 aliphatic rings. The van der Waals surface area contributed by atoms with E-state index in [0.29, 0.717) is 0 Å². The molecule has 0 bridgehead atoms. The van der Waals surface area contributed by atoms with E-state index in [0.717, 1.165) is 0 Å². The Morgan fingerprint density at radius 1 is 1.17 bits per heavy atom. The Morgan fingerprint density at radius 2 is 1.58 bits per heavy atom. The van der Waals surface area contributed by atoms with E-state index in [1.54, 1.807) is 0 Å². The van der Waals surface area contributed by atoms with Crippen molar-refractivity contribution in [2.24, 2.45) is 0 Å². The molecule has 0 amide bonds. The monoisotopic (exact) mass is 196 g/mol. The standard InChI is InChI=1S/C4H2F6O2/c5-2(3(6,7)8)4(9,10)12-1-11/h1-2H. The van der Waals surface area contributed by atoms with Crippen LogP contribution < -0.4 is 0 Å². The number of rotatable bonds is 3. The van der Waals surface area contributed by atoms with E-state index in [1.165, 1.54) is 0 Å². The number of alkyl halides is 6. The molecule has 2 nitrogen and oxygen atoms in total. The maximum Gasteiger partial charge on any atom is 0.441 e. The summed E-state index contributed by atoms with van der Waals surface area (Å²) < 4.78 is 71.5. The zero-order valence-electron chi connectivity index (χ0n) is 5.24. The number of halogens is 6. The Bertz CT molecular complexity index is 163. The first-order valence-corrected chi connectivity index (χ1v) is 2.42. The molecule has 12 heavy (non-hydrogen) atoms. The van der Waals surface area contributed by atoms with E-state index in [-0.39, 0.29) is 0 Å². The average Bonchev–Trinajstić information content (AvgIpc) is 1.84. The Kier molecular flexibility index (Phi) is 2.94. The molecule has 8 heteroatoms. The molecule has 0 radical (unpaired) electrons. The molecule has 1 atom stereocenters. The van der Waals surface area contributed by atoms with Gasteiger partial charge in [-0.2, -0.15) is 22.0 Å². The van der Waals surface area contributed by atoms with Gasteiger partial charge in [0.05, 0.1) is 0 Å². The Balaban J connectivity index is 4.44. The van der Waals surface area contributed by atoms with Gasteiger partial charge in [0.1, 0.15) is 0 Å². The second kappa shape index (κ2) is 3.20. The van der Waals surface area contributed by atoms with Crippen molar-refractivity contribution in [3.05, 3.63) is 0 Å². The predicted octanol–water partition coefficient (Wildman–Crippen LogP) is 1.65. The summed E-state index contributed by atoms with van der Waals surface area (Å²) in [4.78, 5) is 9.22. The van der Waals surface area contributed by atoms with E-state index in [4.69, 9.17) is 0 Å². The molecule has 0 fully saturated rings. The summed E-state index contributed by atoms with van der Waals surface area (Å²) in [5.74, 6) is 0. The fourth-order valence-electron chi connectivity index (χ4n) is 0.314. The molecule has 0 N–H and O–H groups in total. The first kappa shape index (κ1) is 11.0. The van der Waals surface area contributed by atoms with Crippen LogP contribution in [0, 0.1) is 0 Å². The van der Waals surface area contributed by atoms with Gasteiger partial charge in [-0.25, -0.2) is 4.39 Å². The minimum Gasteiger partial charge on any atom is -0.401 e. The molecule has 0 aliphatic carbocycles. The third-order valence-electron chi connectivity index (χ3n) is 0.788. The van der Waals surface area contributed by atoms with E-state index in [2.05, 4.69) is 4.74 Å². The molecule has 0 aliphatic heterocycles. The third kappa shape index (κ3) is 2.59. The van der Waals surface area contributed by atoms with Gasteiger partial charge in [0, 0.05) is 0 Å². The van der Waals surface area contributed by atoms with Gasteiger partial charge in [-0.1, -0.05) is 0 Å². The summed E-state index contributed by atoms with van der Waals surface area (Å²) in [5, 5.41) is 0. The minimum absolute atomic E-state index is 0.960. The largest absolute Gasteiger partial charge is 0.441 e. The van der Waals surface area contributed by atoms with Crippen molar-refractivity contribution in [1.82, 2.24) is 0 Å². The molecule has 0 rings (SSSR count). The first-order valence-electron chi connectivity index (χ1n) is 2.42. The summed E-state index contributed by atoms with van der Waals surface area (Å²) >= 11 is 0. The van der Waals surface area contributed by atoms with Crippen molar-refractivity contribution in [2.45, 2.75) is 18.5 Å². The quantitative estimate of drug-likeness (QED) is 0.506. The van der Waals surface area contributed by atoms with Crippen molar-refractivity contribution in [1.29, 1.82) is 0 Å². The molecule has 0 saturated carbocycles. The predicted molar refractivity (Wildman–Crippen MR) is 23.0 cm³/mol. The molecule has 72 valence electrons. The highest BCUT2D eigenvalue weighted by Crippen LogP contribution is 2.34. The van der Waals surface area contributed by atoms with Crippen LogP contribution in [0.5, 0.6) is 0 Å². The van der Waals surface area contributed by atoms with Crippen molar-refractivity contribution >= 4 is 6.47 Å². The highest BCUT2D eigenvalue weighted by atomic mass is 19.4. The summed E-state index contributed by atoms with van der Waals surface area (Å²) in [6.45, 7) is -0.960. The summed E-state index contributed by atoms with van der Waals surface area (Å²) in [6, 6.07) is 0. The van der Waals surface area contributed by atoms with Crippen LogP contribution >= 0.6 is 0 Å². The fraction of sp³-hybridized carbons (Fsp3) is 0.750. The number of carbonyl (C=O) groups excluding carboxylic acids is 1. The van der Waals surface area contributed by atoms with Gasteiger partial charge in [0.25, 0.3) is 12.6 Å². The lowest BCUT2D eigenvalue weighted by Gasteiger charge is -2.19. The van der Waals surface area contributed by atoms with Crippen molar-refractivity contribution in [2.75, 3.05) is 0 Å². The lowest BCUT2D eigenvalue weighted by Crippen LogP contribution is -2.43. The lowest BCUT2D eigenvalue weighted by atomic mass is 10.3. The van der Waals surface area contributed by atoms with Gasteiger partial charge in [-0.3, -0.25) is 4.79 Å². The van der Waals surface area contributed by atoms with Gasteiger partial charge in [-0.15, -0.1) is 0 Å². The summed E-state index contributed by atoms with van der Waals surface area (Å²) in [5.41, 5.74) is 0. The first-order chi connectivity index (χ1) is 5.22. The number of hydrogen-bond acceptors (Lipinski definition) is 2. The van der Waals surface area contributed by atoms with Gasteiger partial charge in [0.2, 0.25) is 0 Å². The van der Waals surface area contributed by atoms with Gasteiger partial charge in [0.15, 0.2) is 0 Å². The van der Waals surface area contributed by atoms with Crippen LogP contribution in [0.1, 0.15) is 0 Å². The Labute approximate surface area is 62.1 Å². The summed E-state index contributed by atoms with van der Waals surface area (Å²) in [6.07, 6.45) is -15.4. The molecule has 0 saturated heterocycles. The van der Waals surface area contributed by atoms with Crippen molar-refractivity contribution in [3.8, 4) is 0 Å². The number of ether oxygens (including phenoxy) is 1. The maximum atomic E-state index is 11.8. The van der Waals surface area contributed by atoms with E-state index in [9.17, 15) is 31.1 Å². The summed E-state index contributed by atoms with van der Waals surface area (Å²) in [7, 11) is 0. The topological polar surface area (TPSA) is 26.3 Å². The second-order valence-corrected chi connectivity index (χ2v) is 1.68. The lowest BCUT2D eigenvalue weighted by molar-refractivity contribution is -0.317. The minimum atomic E-state index is -5.76. The Morgan fingerprint density at radius 3 is 1.83 bits per heavy atom. The molecule has 0 aromatic heterocycles. The van der Waals surface area contributed by atoms with Crippen LogP contribution in [0.25, 0.3) is 0 Å². The second-order valence-electron chi connectivity index (χ2n) is 1.68. The smallest absolute Gasteiger partial charge is 0.401 e. The maximum absolute atomic E-state index is 11.8. The van der Waals surface area contributed by atoms with Gasteiger partial charge < -0.3 is 4.74 Å². The Hall–Kier alpha value is -0.950. The van der Waals surface area contributed by atoms with Gasteiger partial charge in [-0.05, 0) is 0 Å². The van der Waals surface area contributed by atoms with Crippen molar-refractivity contribution in [3.63, 3.8) is 0 Å². The highest BCUT2D eigenvalue weighted by molar-refractivity contribution is 5.37. The van der Waals surface area contributed by atoms with Crippen LogP contribution in [0.2, 0.25) is 0 Å². The van der Waals surface area contributed by atoms with E-state index < -0.39 is 24.9 Å². The fourth-order valence-corrected chi connectivity index (χ4v) is 0.314. The normalized spacial score (nSPS) is 15.5. The van der Waals surface area contributed by atoms with E-state index >= 15 is 0 Å². The zero-order valence-corrected chi connectivity index (χ0v) is 5.24. The van der Waals surface area contributed by atoms with Crippen LogP contribution in [-0.2, 0) is 9.53 Å². The SMILES string of the molecule is O=COC(F)(F)C(F)C(F)(F)F. The third-order valence-corrected chi connectivity index (χ3v) is 0.788. The molecular weight excluding hydrogens is 194 g/mol. The molecule has 0 spiro atoms. The van der Waals surface area contributed by atoms with Crippen LogP contribution in [-0.4, -0.2) is 24.9 Å². The average molecular weight is 196 g/mol. The van der Waals surface area contributed by atoms with Crippen LogP contribution in [0.15, 0.2) is 0 Å². The molecule has 0 aromatic rings. The highest BCUT2D eigenvalue weighted by Gasteiger charge is 2.59. The van der Waals surface area contributed by atoms with E-state index in [1.807, 2.05) is 0 Å². The molecule has 1 unspecified atom stereocenters. The number of carbonyl (C=O) groups is 1. The molecule has 0 heterocycles. The molecular formula is C4H2F6O2. The molecule has 0 aromatic carbocycles. The van der Waals surface area contributed by atoms with Gasteiger partial charge >= 0.3 is 12.3 Å². The van der Waals surface area contributed by atoms with Crippen molar-refractivity contribution < 1.29 is 35.9 Å². The number of hydrogen-bond donors (Lipinski definition) is 0. The van der Waals surface area contributed by atoms with Crippen LogP contribution in [0.3, 0.4) is 0 Å². The zero-order chi connectivity index (χ0) is 9.99.